The van der Waals surface area contributed by atoms with Crippen LogP contribution in [0.3, 0.4) is 0 Å². The molecule has 1 atom stereocenters. The van der Waals surface area contributed by atoms with Gasteiger partial charge in [0.2, 0.25) is 5.89 Å². The molecule has 0 bridgehead atoms. The van der Waals surface area contributed by atoms with Gasteiger partial charge in [0, 0.05) is 18.0 Å². The molecule has 3 rings (SSSR count). The normalized spacial score (nSPS) is 17.4. The Bertz CT molecular complexity index is 738. The van der Waals surface area contributed by atoms with Crippen LogP contribution in [-0.2, 0) is 12.7 Å². The molecule has 1 unspecified atom stereocenters. The number of halogens is 4. The van der Waals surface area contributed by atoms with Crippen molar-refractivity contribution in [1.29, 1.82) is 0 Å². The summed E-state index contributed by atoms with van der Waals surface area (Å²) in [6, 6.07) is 1.99. The van der Waals surface area contributed by atoms with E-state index in [2.05, 4.69) is 15.5 Å². The van der Waals surface area contributed by atoms with E-state index in [1.807, 2.05) is 0 Å². The molecule has 0 amide bonds. The van der Waals surface area contributed by atoms with E-state index >= 15 is 0 Å². The van der Waals surface area contributed by atoms with Crippen molar-refractivity contribution in [2.45, 2.75) is 63.7 Å². The Morgan fingerprint density at radius 2 is 1.96 bits per heavy atom. The number of rotatable bonds is 5. The van der Waals surface area contributed by atoms with Crippen LogP contribution in [-0.4, -0.2) is 10.1 Å². The third-order valence-electron chi connectivity index (χ3n) is 4.77. The first-order valence-electron chi connectivity index (χ1n) is 8.77. The molecule has 142 valence electrons. The molecule has 1 aliphatic carbocycles. The van der Waals surface area contributed by atoms with E-state index in [9.17, 15) is 17.6 Å². The van der Waals surface area contributed by atoms with Crippen LogP contribution in [0.15, 0.2) is 22.7 Å². The second-order valence-electron chi connectivity index (χ2n) is 6.73. The standard InChI is InChI=1S/C18H21F4N3O/c1-11(17-24-16(25-26-17)12-5-3-2-4-6-12)23-10-13-9-14(18(20,21)22)7-8-15(13)19/h7-9,11-12,23H,2-6,10H2,1H3. The van der Waals surface area contributed by atoms with E-state index in [0.717, 1.165) is 43.9 Å². The summed E-state index contributed by atoms with van der Waals surface area (Å²) in [5, 5.41) is 6.98. The lowest BCUT2D eigenvalue weighted by atomic mass is 9.89. The minimum Gasteiger partial charge on any atom is -0.338 e. The first kappa shape index (κ1) is 18.8. The summed E-state index contributed by atoms with van der Waals surface area (Å²) in [5.74, 6) is 0.650. The number of hydrogen-bond donors (Lipinski definition) is 1. The second kappa shape index (κ2) is 7.73. The van der Waals surface area contributed by atoms with Crippen LogP contribution >= 0.6 is 0 Å². The molecule has 26 heavy (non-hydrogen) atoms. The van der Waals surface area contributed by atoms with E-state index in [1.54, 1.807) is 6.92 Å². The number of aromatic nitrogens is 2. The highest BCUT2D eigenvalue weighted by atomic mass is 19.4. The maximum absolute atomic E-state index is 13.8. The van der Waals surface area contributed by atoms with Crippen molar-refractivity contribution in [1.82, 2.24) is 15.5 Å². The minimum absolute atomic E-state index is 0.0568. The smallest absolute Gasteiger partial charge is 0.338 e. The molecule has 0 saturated heterocycles. The maximum atomic E-state index is 13.8. The Hall–Kier alpha value is -1.96. The van der Waals surface area contributed by atoms with Gasteiger partial charge in [-0.25, -0.2) is 4.39 Å². The van der Waals surface area contributed by atoms with E-state index in [1.165, 1.54) is 6.42 Å². The molecule has 1 fully saturated rings. The Balaban J connectivity index is 1.64. The minimum atomic E-state index is -4.50. The van der Waals surface area contributed by atoms with Crippen LogP contribution in [0.2, 0.25) is 0 Å². The van der Waals surface area contributed by atoms with Gasteiger partial charge in [0.1, 0.15) is 5.82 Å². The molecule has 8 heteroatoms. The predicted octanol–water partition coefficient (Wildman–Crippen LogP) is 5.13. The largest absolute Gasteiger partial charge is 0.416 e. The van der Waals surface area contributed by atoms with Gasteiger partial charge in [0.25, 0.3) is 0 Å². The average molecular weight is 371 g/mol. The fourth-order valence-electron chi connectivity index (χ4n) is 3.19. The van der Waals surface area contributed by atoms with Gasteiger partial charge >= 0.3 is 6.18 Å². The summed E-state index contributed by atoms with van der Waals surface area (Å²) < 4.78 is 57.4. The van der Waals surface area contributed by atoms with Crippen LogP contribution in [0.4, 0.5) is 17.6 Å². The number of benzene rings is 1. The number of hydrogen-bond acceptors (Lipinski definition) is 4. The van der Waals surface area contributed by atoms with Crippen LogP contribution in [0, 0.1) is 5.82 Å². The van der Waals surface area contributed by atoms with Crippen molar-refractivity contribution in [3.05, 3.63) is 46.9 Å². The SMILES string of the molecule is CC(NCc1cc(C(F)(F)F)ccc1F)c1nc(C2CCCCC2)no1. The van der Waals surface area contributed by atoms with Crippen molar-refractivity contribution in [3.8, 4) is 0 Å². The summed E-state index contributed by atoms with van der Waals surface area (Å²) in [6.45, 7) is 1.68. The molecule has 1 aliphatic rings. The Kier molecular flexibility index (Phi) is 5.60. The molecule has 0 spiro atoms. The van der Waals surface area contributed by atoms with Gasteiger partial charge in [-0.3, -0.25) is 0 Å². The maximum Gasteiger partial charge on any atom is 0.416 e. The van der Waals surface area contributed by atoms with E-state index in [0.29, 0.717) is 17.6 Å². The van der Waals surface area contributed by atoms with Gasteiger partial charge < -0.3 is 9.84 Å². The zero-order valence-corrected chi connectivity index (χ0v) is 14.4. The summed E-state index contributed by atoms with van der Waals surface area (Å²) in [4.78, 5) is 4.41. The Labute approximate surface area is 149 Å². The number of alkyl halides is 3. The molecular weight excluding hydrogens is 350 g/mol. The van der Waals surface area contributed by atoms with Gasteiger partial charge in [0.15, 0.2) is 5.82 Å². The molecule has 1 aromatic heterocycles. The van der Waals surface area contributed by atoms with Gasteiger partial charge in [0.05, 0.1) is 11.6 Å². The summed E-state index contributed by atoms with van der Waals surface area (Å²) in [6.07, 6.45) is 1.10. The zero-order valence-electron chi connectivity index (χ0n) is 14.4. The number of nitrogens with zero attached hydrogens (tertiary/aromatic N) is 2. The van der Waals surface area contributed by atoms with Crippen LogP contribution in [0.5, 0.6) is 0 Å². The van der Waals surface area contributed by atoms with E-state index < -0.39 is 23.6 Å². The average Bonchev–Trinajstić information content (AvgIpc) is 3.11. The summed E-state index contributed by atoms with van der Waals surface area (Å²) >= 11 is 0. The van der Waals surface area contributed by atoms with Crippen molar-refractivity contribution in [2.24, 2.45) is 0 Å². The molecule has 1 heterocycles. The third-order valence-corrected chi connectivity index (χ3v) is 4.77. The zero-order chi connectivity index (χ0) is 18.7. The number of nitrogens with one attached hydrogen (secondary N) is 1. The molecule has 1 N–H and O–H groups in total. The topological polar surface area (TPSA) is 51.0 Å². The molecule has 1 saturated carbocycles. The van der Waals surface area contributed by atoms with Crippen molar-refractivity contribution in [2.75, 3.05) is 0 Å². The van der Waals surface area contributed by atoms with Crippen LogP contribution in [0.25, 0.3) is 0 Å². The third kappa shape index (κ3) is 4.41. The predicted molar refractivity (Wildman–Crippen MR) is 86.8 cm³/mol. The Morgan fingerprint density at radius 1 is 1.23 bits per heavy atom. The van der Waals surface area contributed by atoms with Crippen molar-refractivity contribution in [3.63, 3.8) is 0 Å². The fraction of sp³-hybridized carbons (Fsp3) is 0.556. The summed E-state index contributed by atoms with van der Waals surface area (Å²) in [5.41, 5.74) is -0.931. The van der Waals surface area contributed by atoms with Gasteiger partial charge in [-0.15, -0.1) is 0 Å². The molecule has 0 aliphatic heterocycles. The lowest BCUT2D eigenvalue weighted by Crippen LogP contribution is -2.20. The van der Waals surface area contributed by atoms with E-state index in [-0.39, 0.29) is 12.1 Å². The van der Waals surface area contributed by atoms with Crippen LogP contribution in [0.1, 0.15) is 73.8 Å². The van der Waals surface area contributed by atoms with Gasteiger partial charge in [-0.2, -0.15) is 18.2 Å². The van der Waals surface area contributed by atoms with Crippen molar-refractivity contribution < 1.29 is 22.1 Å². The Morgan fingerprint density at radius 3 is 2.65 bits per heavy atom. The lowest BCUT2D eigenvalue weighted by Gasteiger charge is -2.17. The highest BCUT2D eigenvalue weighted by Crippen LogP contribution is 2.32. The highest BCUT2D eigenvalue weighted by molar-refractivity contribution is 5.27. The fourth-order valence-corrected chi connectivity index (χ4v) is 3.19. The lowest BCUT2D eigenvalue weighted by molar-refractivity contribution is -0.137. The first-order valence-corrected chi connectivity index (χ1v) is 8.77. The second-order valence-corrected chi connectivity index (χ2v) is 6.73. The molecule has 4 nitrogen and oxygen atoms in total. The molecule has 0 radical (unpaired) electrons. The molecular formula is C18H21F4N3O. The summed E-state index contributed by atoms with van der Waals surface area (Å²) in [7, 11) is 0. The molecule has 2 aromatic rings. The quantitative estimate of drug-likeness (QED) is 0.741. The van der Waals surface area contributed by atoms with Crippen molar-refractivity contribution >= 4 is 0 Å². The van der Waals surface area contributed by atoms with Gasteiger partial charge in [-0.05, 0) is 38.0 Å². The van der Waals surface area contributed by atoms with Crippen LogP contribution < -0.4 is 5.32 Å². The monoisotopic (exact) mass is 371 g/mol. The van der Waals surface area contributed by atoms with Gasteiger partial charge in [-0.1, -0.05) is 24.4 Å². The molecule has 1 aromatic carbocycles. The highest BCUT2D eigenvalue weighted by Gasteiger charge is 2.31. The first-order chi connectivity index (χ1) is 12.3. The van der Waals surface area contributed by atoms with E-state index in [4.69, 9.17) is 4.52 Å².